The van der Waals surface area contributed by atoms with Crippen molar-refractivity contribution >= 4 is 35.5 Å². The minimum absolute atomic E-state index is 0.632. The third-order valence-electron chi connectivity index (χ3n) is 3.01. The van der Waals surface area contributed by atoms with Crippen LogP contribution in [0.2, 0.25) is 0 Å². The monoisotopic (exact) mass is 321 g/mol. The first-order valence-electron chi connectivity index (χ1n) is 7.19. The Morgan fingerprint density at radius 2 is 1.25 bits per heavy atom. The minimum atomic E-state index is -0.742. The Balaban J connectivity index is 1.80. The van der Waals surface area contributed by atoms with Crippen LogP contribution >= 0.6 is 0 Å². The van der Waals surface area contributed by atoms with Gasteiger partial charge in [0, 0.05) is 17.5 Å². The highest BCUT2D eigenvalue weighted by atomic mass is 16.6. The molecule has 2 rings (SSSR count). The van der Waals surface area contributed by atoms with Gasteiger partial charge in [0.15, 0.2) is 0 Å². The number of hydrogen-bond acceptors (Lipinski definition) is 5. The lowest BCUT2D eigenvalue weighted by molar-refractivity contribution is -0.153. The average molecular weight is 321 g/mol. The maximum Gasteiger partial charge on any atom is 0.338 e. The second kappa shape index (κ2) is 8.33. The van der Waals surface area contributed by atoms with Crippen LogP contribution in [0.5, 0.6) is 0 Å². The lowest BCUT2D eigenvalue weighted by atomic mass is 10.2. The highest BCUT2D eigenvalue weighted by Gasteiger charge is 2.05. The molecule has 0 aromatic heterocycles. The summed E-state index contributed by atoms with van der Waals surface area (Å²) in [6.07, 6.45) is 7.10. The predicted molar refractivity (Wildman–Crippen MR) is 95.2 cm³/mol. The van der Waals surface area contributed by atoms with Gasteiger partial charge in [0.25, 0.3) is 0 Å². The van der Waals surface area contributed by atoms with Gasteiger partial charge in [0.05, 0.1) is 6.42 Å². The SMILES string of the molecule is Nc1ccc(/C=C/[CH]C(=O)OC(=O)/C=C/c2ccc(N)cc2)cc1. The molecule has 0 atom stereocenters. The standard InChI is InChI=1S/C19H17N2O3/c20-16-9-4-14(5-10-16)2-1-3-18(22)24-19(23)13-8-15-6-11-17(21)12-7-15/h1-13H,20-21H2/b2-1+,13-8+. The molecule has 0 unspecified atom stereocenters. The van der Waals surface area contributed by atoms with Crippen molar-refractivity contribution in [3.8, 4) is 0 Å². The minimum Gasteiger partial charge on any atom is -0.399 e. The second-order valence-electron chi connectivity index (χ2n) is 4.93. The molecule has 0 aliphatic rings. The van der Waals surface area contributed by atoms with E-state index in [1.54, 1.807) is 48.6 Å². The van der Waals surface area contributed by atoms with E-state index in [0.717, 1.165) is 11.1 Å². The normalized spacial score (nSPS) is 11.0. The Kier molecular flexibility index (Phi) is 5.91. The first-order valence-corrected chi connectivity index (χ1v) is 7.19. The van der Waals surface area contributed by atoms with Crippen molar-refractivity contribution in [1.82, 2.24) is 0 Å². The molecule has 0 saturated heterocycles. The highest BCUT2D eigenvalue weighted by Crippen LogP contribution is 2.08. The van der Waals surface area contributed by atoms with Gasteiger partial charge in [-0.1, -0.05) is 36.4 Å². The Hall–Kier alpha value is -3.34. The van der Waals surface area contributed by atoms with Crippen LogP contribution in [0.25, 0.3) is 12.2 Å². The van der Waals surface area contributed by atoms with Crippen molar-refractivity contribution in [3.63, 3.8) is 0 Å². The van der Waals surface area contributed by atoms with E-state index in [-0.39, 0.29) is 0 Å². The van der Waals surface area contributed by atoms with Gasteiger partial charge < -0.3 is 16.2 Å². The molecule has 0 bridgehead atoms. The number of ether oxygens (including phenoxy) is 1. The van der Waals surface area contributed by atoms with Crippen molar-refractivity contribution in [2.45, 2.75) is 0 Å². The summed E-state index contributed by atoms with van der Waals surface area (Å²) >= 11 is 0. The van der Waals surface area contributed by atoms with Crippen LogP contribution in [-0.2, 0) is 14.3 Å². The Labute approximate surface area is 140 Å². The summed E-state index contributed by atoms with van der Waals surface area (Å²) in [5, 5.41) is 0. The van der Waals surface area contributed by atoms with Gasteiger partial charge in [-0.15, -0.1) is 0 Å². The maximum atomic E-state index is 11.6. The smallest absolute Gasteiger partial charge is 0.338 e. The summed E-state index contributed by atoms with van der Waals surface area (Å²) in [6, 6.07) is 14.1. The van der Waals surface area contributed by atoms with Gasteiger partial charge in [-0.2, -0.15) is 0 Å². The molecule has 5 nitrogen and oxygen atoms in total. The molecule has 0 spiro atoms. The topological polar surface area (TPSA) is 95.4 Å². The Morgan fingerprint density at radius 1 is 0.750 bits per heavy atom. The third-order valence-corrected chi connectivity index (χ3v) is 3.01. The predicted octanol–water partition coefficient (Wildman–Crippen LogP) is 2.85. The van der Waals surface area contributed by atoms with Crippen LogP contribution in [0, 0.1) is 6.42 Å². The van der Waals surface area contributed by atoms with E-state index in [1.807, 2.05) is 12.1 Å². The summed E-state index contributed by atoms with van der Waals surface area (Å²) in [6.45, 7) is 0. The van der Waals surface area contributed by atoms with Gasteiger partial charge in [-0.25, -0.2) is 4.79 Å². The molecular formula is C19H17N2O3. The summed E-state index contributed by atoms with van der Waals surface area (Å²) < 4.78 is 4.64. The van der Waals surface area contributed by atoms with E-state index in [0.29, 0.717) is 11.4 Å². The molecule has 121 valence electrons. The number of benzene rings is 2. The third kappa shape index (κ3) is 5.81. The van der Waals surface area contributed by atoms with E-state index in [9.17, 15) is 9.59 Å². The first kappa shape index (κ1) is 17.0. The molecule has 0 saturated carbocycles. The maximum absolute atomic E-state index is 11.6. The molecule has 1 radical (unpaired) electrons. The number of esters is 2. The van der Waals surface area contributed by atoms with Crippen LogP contribution in [0.1, 0.15) is 11.1 Å². The van der Waals surface area contributed by atoms with Gasteiger partial charge >= 0.3 is 11.9 Å². The highest BCUT2D eigenvalue weighted by molar-refractivity contribution is 5.98. The summed E-state index contributed by atoms with van der Waals surface area (Å²) in [5.74, 6) is -1.48. The molecular weight excluding hydrogens is 304 g/mol. The summed E-state index contributed by atoms with van der Waals surface area (Å²) in [7, 11) is 0. The molecule has 4 N–H and O–H groups in total. The zero-order valence-electron chi connectivity index (χ0n) is 12.9. The van der Waals surface area contributed by atoms with E-state index in [2.05, 4.69) is 4.74 Å². The fraction of sp³-hybridized carbons (Fsp3) is 0. The summed E-state index contributed by atoms with van der Waals surface area (Å²) in [4.78, 5) is 23.1. The average Bonchev–Trinajstić information content (AvgIpc) is 2.56. The molecule has 2 aromatic carbocycles. The van der Waals surface area contributed by atoms with Crippen molar-refractivity contribution in [2.24, 2.45) is 0 Å². The zero-order valence-corrected chi connectivity index (χ0v) is 12.9. The van der Waals surface area contributed by atoms with Crippen LogP contribution in [-0.4, -0.2) is 11.9 Å². The lowest BCUT2D eigenvalue weighted by Gasteiger charge is -1.98. The number of nitrogen functional groups attached to an aromatic ring is 2. The van der Waals surface area contributed by atoms with Crippen LogP contribution in [0.4, 0.5) is 11.4 Å². The number of carbonyl (C=O) groups is 2. The quantitative estimate of drug-likeness (QED) is 0.382. The summed E-state index contributed by atoms with van der Waals surface area (Å²) in [5.41, 5.74) is 14.1. The number of rotatable bonds is 5. The molecule has 2 aromatic rings. The van der Waals surface area contributed by atoms with E-state index in [1.165, 1.54) is 18.6 Å². The molecule has 0 aliphatic heterocycles. The Bertz CT molecular complexity index is 760. The first-order chi connectivity index (χ1) is 11.5. The van der Waals surface area contributed by atoms with Gasteiger partial charge in [0.2, 0.25) is 0 Å². The number of anilines is 2. The van der Waals surface area contributed by atoms with Crippen LogP contribution in [0.3, 0.4) is 0 Å². The van der Waals surface area contributed by atoms with E-state index >= 15 is 0 Å². The van der Waals surface area contributed by atoms with Crippen LogP contribution in [0.15, 0.2) is 60.7 Å². The van der Waals surface area contributed by atoms with Crippen molar-refractivity contribution in [2.75, 3.05) is 11.5 Å². The fourth-order valence-electron chi connectivity index (χ4n) is 1.78. The van der Waals surface area contributed by atoms with Crippen molar-refractivity contribution < 1.29 is 14.3 Å². The Morgan fingerprint density at radius 3 is 1.79 bits per heavy atom. The van der Waals surface area contributed by atoms with Crippen LogP contribution < -0.4 is 11.5 Å². The molecule has 0 aliphatic carbocycles. The zero-order chi connectivity index (χ0) is 17.4. The van der Waals surface area contributed by atoms with Crippen molar-refractivity contribution in [1.29, 1.82) is 0 Å². The number of hydrogen-bond donors (Lipinski definition) is 2. The number of carbonyl (C=O) groups excluding carboxylic acids is 2. The van der Waals surface area contributed by atoms with Gasteiger partial charge in [-0.05, 0) is 41.5 Å². The fourth-order valence-corrected chi connectivity index (χ4v) is 1.78. The largest absolute Gasteiger partial charge is 0.399 e. The second-order valence-corrected chi connectivity index (χ2v) is 4.93. The van der Waals surface area contributed by atoms with Crippen molar-refractivity contribution in [3.05, 3.63) is 78.2 Å². The van der Waals surface area contributed by atoms with Gasteiger partial charge in [-0.3, -0.25) is 4.79 Å². The van der Waals surface area contributed by atoms with E-state index < -0.39 is 11.9 Å². The number of nitrogens with two attached hydrogens (primary N) is 2. The molecule has 0 heterocycles. The molecule has 24 heavy (non-hydrogen) atoms. The molecule has 5 heteroatoms. The lowest BCUT2D eigenvalue weighted by Crippen LogP contribution is -2.09. The van der Waals surface area contributed by atoms with Gasteiger partial charge in [0.1, 0.15) is 0 Å². The molecule has 0 fully saturated rings. The molecule has 0 amide bonds. The van der Waals surface area contributed by atoms with E-state index in [4.69, 9.17) is 11.5 Å².